The first kappa shape index (κ1) is 20.2. The van der Waals surface area contributed by atoms with Gasteiger partial charge in [0.25, 0.3) is 11.7 Å². The minimum atomic E-state index is -0.871. The number of ketones is 1. The first-order valence-electron chi connectivity index (χ1n) is 9.55. The third-order valence-corrected chi connectivity index (χ3v) is 5.14. The molecule has 0 radical (unpaired) electrons. The smallest absolute Gasteiger partial charge is 0.300 e. The van der Waals surface area contributed by atoms with E-state index in [0.29, 0.717) is 28.3 Å². The van der Waals surface area contributed by atoms with Crippen molar-refractivity contribution in [1.29, 1.82) is 0 Å². The molecule has 0 bridgehead atoms. The number of methoxy groups -OCH3 is 2. The van der Waals surface area contributed by atoms with E-state index in [9.17, 15) is 14.7 Å². The van der Waals surface area contributed by atoms with Crippen LogP contribution in [0.4, 0.5) is 5.69 Å². The van der Waals surface area contributed by atoms with Crippen molar-refractivity contribution in [2.75, 3.05) is 19.1 Å². The van der Waals surface area contributed by atoms with Crippen LogP contribution < -0.4 is 14.4 Å². The third-order valence-electron chi connectivity index (χ3n) is 5.14. The molecule has 1 aromatic heterocycles. The zero-order chi connectivity index (χ0) is 22.0. The highest BCUT2D eigenvalue weighted by molar-refractivity contribution is 6.51. The molecule has 0 aliphatic carbocycles. The summed E-state index contributed by atoms with van der Waals surface area (Å²) in [6, 6.07) is 16.3. The van der Waals surface area contributed by atoms with Crippen LogP contribution in [0.5, 0.6) is 11.5 Å². The van der Waals surface area contributed by atoms with Gasteiger partial charge in [0.15, 0.2) is 11.5 Å². The van der Waals surface area contributed by atoms with Gasteiger partial charge in [-0.1, -0.05) is 36.4 Å². The molecule has 2 aromatic carbocycles. The summed E-state index contributed by atoms with van der Waals surface area (Å²) in [4.78, 5) is 31.6. The summed E-state index contributed by atoms with van der Waals surface area (Å²) in [5.41, 5.74) is 1.46. The molecule has 156 valence electrons. The lowest BCUT2D eigenvalue weighted by Crippen LogP contribution is -2.29. The predicted molar refractivity (Wildman–Crippen MR) is 115 cm³/mol. The maximum atomic E-state index is 13.1. The number of hydrogen-bond acceptors (Lipinski definition) is 6. The fourth-order valence-electron chi connectivity index (χ4n) is 3.68. The van der Waals surface area contributed by atoms with Crippen LogP contribution in [0.3, 0.4) is 0 Å². The second-order valence-electron chi connectivity index (χ2n) is 6.86. The normalized spacial score (nSPS) is 17.6. The molecule has 1 aliphatic rings. The molecule has 3 aromatic rings. The molecular weight excluding hydrogens is 396 g/mol. The number of aliphatic hydroxyl groups excluding tert-OH is 1. The monoisotopic (exact) mass is 416 g/mol. The molecule has 2 heterocycles. The van der Waals surface area contributed by atoms with Crippen molar-refractivity contribution < 1.29 is 24.2 Å². The molecule has 0 spiro atoms. The van der Waals surface area contributed by atoms with E-state index in [-0.39, 0.29) is 11.3 Å². The minimum Gasteiger partial charge on any atom is -0.507 e. The van der Waals surface area contributed by atoms with Crippen molar-refractivity contribution in [3.8, 4) is 11.5 Å². The molecule has 0 saturated carbocycles. The van der Waals surface area contributed by atoms with Crippen LogP contribution >= 0.6 is 0 Å². The van der Waals surface area contributed by atoms with E-state index in [4.69, 9.17) is 9.47 Å². The number of Topliss-reactive ketones (excluding diaryl/α,β-unsaturated/α-hetero) is 1. The number of amides is 1. The Hall–Kier alpha value is -4.13. The van der Waals surface area contributed by atoms with Gasteiger partial charge in [-0.25, -0.2) is 0 Å². The van der Waals surface area contributed by atoms with Gasteiger partial charge < -0.3 is 14.6 Å². The second kappa shape index (κ2) is 8.31. The fraction of sp³-hybridized carbons (Fsp3) is 0.125. The van der Waals surface area contributed by atoms with Gasteiger partial charge in [0.1, 0.15) is 5.76 Å². The van der Waals surface area contributed by atoms with Crippen LogP contribution in [0.1, 0.15) is 17.2 Å². The number of aliphatic hydroxyl groups is 1. The quantitative estimate of drug-likeness (QED) is 0.387. The van der Waals surface area contributed by atoms with E-state index in [1.807, 2.05) is 0 Å². The van der Waals surface area contributed by atoms with Crippen molar-refractivity contribution in [2.24, 2.45) is 0 Å². The van der Waals surface area contributed by atoms with Crippen LogP contribution in [0.15, 0.2) is 78.6 Å². The van der Waals surface area contributed by atoms with E-state index < -0.39 is 17.7 Å². The SMILES string of the molecule is COc1ccc(C2/C(=C(/O)c3ccccc3)C(=O)C(=O)N2c2cccnc2)cc1OC. The molecule has 31 heavy (non-hydrogen) atoms. The van der Waals surface area contributed by atoms with Gasteiger partial charge in [0.2, 0.25) is 0 Å². The Morgan fingerprint density at radius 2 is 1.71 bits per heavy atom. The summed E-state index contributed by atoms with van der Waals surface area (Å²) in [7, 11) is 3.03. The summed E-state index contributed by atoms with van der Waals surface area (Å²) in [5.74, 6) is -0.815. The lowest BCUT2D eigenvalue weighted by Gasteiger charge is -2.25. The predicted octanol–water partition coefficient (Wildman–Crippen LogP) is 3.73. The Morgan fingerprint density at radius 1 is 0.968 bits per heavy atom. The van der Waals surface area contributed by atoms with Crippen LogP contribution in [0, 0.1) is 0 Å². The Morgan fingerprint density at radius 3 is 2.35 bits per heavy atom. The summed E-state index contributed by atoms with van der Waals surface area (Å²) in [6.07, 6.45) is 3.08. The maximum absolute atomic E-state index is 13.1. The number of carbonyl (C=O) groups excluding carboxylic acids is 2. The lowest BCUT2D eigenvalue weighted by molar-refractivity contribution is -0.132. The molecule has 1 N–H and O–H groups in total. The molecule has 1 atom stereocenters. The van der Waals surface area contributed by atoms with Gasteiger partial charge in [-0.15, -0.1) is 0 Å². The number of nitrogens with zero attached hydrogens (tertiary/aromatic N) is 2. The summed E-state index contributed by atoms with van der Waals surface area (Å²) >= 11 is 0. The van der Waals surface area contributed by atoms with Crippen molar-refractivity contribution in [1.82, 2.24) is 4.98 Å². The van der Waals surface area contributed by atoms with E-state index in [2.05, 4.69) is 4.98 Å². The molecule has 7 nitrogen and oxygen atoms in total. The van der Waals surface area contributed by atoms with Crippen LogP contribution in [0.2, 0.25) is 0 Å². The molecule has 4 rings (SSSR count). The van der Waals surface area contributed by atoms with Gasteiger partial charge in [-0.3, -0.25) is 19.5 Å². The number of carbonyl (C=O) groups is 2. The fourth-order valence-corrected chi connectivity index (χ4v) is 3.68. The highest BCUT2D eigenvalue weighted by Crippen LogP contribution is 2.43. The van der Waals surface area contributed by atoms with Gasteiger partial charge in [0.05, 0.1) is 37.7 Å². The zero-order valence-electron chi connectivity index (χ0n) is 17.0. The molecular formula is C24H20N2O5. The summed E-state index contributed by atoms with van der Waals surface area (Å²) in [5, 5.41) is 11.0. The van der Waals surface area contributed by atoms with Gasteiger partial charge in [-0.2, -0.15) is 0 Å². The average molecular weight is 416 g/mol. The van der Waals surface area contributed by atoms with Gasteiger partial charge in [-0.05, 0) is 29.8 Å². The highest BCUT2D eigenvalue weighted by Gasteiger charge is 2.47. The van der Waals surface area contributed by atoms with Crippen molar-refractivity contribution in [3.05, 3.63) is 89.8 Å². The summed E-state index contributed by atoms with van der Waals surface area (Å²) in [6.45, 7) is 0. The lowest BCUT2D eigenvalue weighted by atomic mass is 9.95. The number of ether oxygens (including phenoxy) is 2. The molecule has 1 unspecified atom stereocenters. The van der Waals surface area contributed by atoms with Crippen molar-refractivity contribution in [2.45, 2.75) is 6.04 Å². The van der Waals surface area contributed by atoms with Crippen LogP contribution in [-0.4, -0.2) is 36.0 Å². The van der Waals surface area contributed by atoms with E-state index in [1.54, 1.807) is 66.9 Å². The number of rotatable bonds is 5. The number of hydrogen-bond donors (Lipinski definition) is 1. The molecule has 1 aliphatic heterocycles. The number of aromatic nitrogens is 1. The van der Waals surface area contributed by atoms with Crippen LogP contribution in [-0.2, 0) is 9.59 Å². The Labute approximate surface area is 179 Å². The van der Waals surface area contributed by atoms with Crippen LogP contribution in [0.25, 0.3) is 5.76 Å². The van der Waals surface area contributed by atoms with E-state index in [0.717, 1.165) is 0 Å². The molecule has 1 saturated heterocycles. The minimum absolute atomic E-state index is 0.00715. The number of benzene rings is 2. The van der Waals surface area contributed by atoms with Gasteiger partial charge in [0, 0.05) is 11.8 Å². The largest absolute Gasteiger partial charge is 0.507 e. The molecule has 1 fully saturated rings. The maximum Gasteiger partial charge on any atom is 0.300 e. The highest BCUT2D eigenvalue weighted by atomic mass is 16.5. The first-order valence-corrected chi connectivity index (χ1v) is 9.55. The third kappa shape index (κ3) is 3.50. The van der Waals surface area contributed by atoms with Crippen molar-refractivity contribution >= 4 is 23.1 Å². The molecule has 1 amide bonds. The average Bonchev–Trinajstić information content (AvgIpc) is 3.09. The van der Waals surface area contributed by atoms with Gasteiger partial charge >= 0.3 is 0 Å². The second-order valence-corrected chi connectivity index (χ2v) is 6.86. The Bertz CT molecular complexity index is 1160. The topological polar surface area (TPSA) is 89.0 Å². The number of anilines is 1. The zero-order valence-corrected chi connectivity index (χ0v) is 17.0. The Balaban J connectivity index is 1.96. The van der Waals surface area contributed by atoms with Crippen molar-refractivity contribution in [3.63, 3.8) is 0 Å². The Kier molecular flexibility index (Phi) is 5.41. The summed E-state index contributed by atoms with van der Waals surface area (Å²) < 4.78 is 10.7. The first-order chi connectivity index (χ1) is 15.1. The van der Waals surface area contributed by atoms with E-state index >= 15 is 0 Å². The van der Waals surface area contributed by atoms with E-state index in [1.165, 1.54) is 25.3 Å². The molecule has 7 heteroatoms. The number of pyridine rings is 1. The standard InChI is InChI=1S/C24H20N2O5/c1-30-18-11-10-16(13-19(18)31-2)21-20(22(27)15-7-4-3-5-8-15)23(28)24(29)26(21)17-9-6-12-25-14-17/h3-14,21,27H,1-2H3/b22-20-.